The van der Waals surface area contributed by atoms with Crippen molar-refractivity contribution < 1.29 is 4.79 Å². The molecule has 0 atom stereocenters. The number of amides is 1. The Bertz CT molecular complexity index is 301. The van der Waals surface area contributed by atoms with E-state index < -0.39 is 0 Å². The SMILES string of the molecule is O=C(CCCl)NCCc1ccc(Cl)s1. The first-order valence-electron chi connectivity index (χ1n) is 4.29. The second-order valence-corrected chi connectivity index (χ2v) is 4.92. The maximum absolute atomic E-state index is 11.0. The summed E-state index contributed by atoms with van der Waals surface area (Å²) in [6.45, 7) is 0.645. The topological polar surface area (TPSA) is 29.1 Å². The highest BCUT2D eigenvalue weighted by Crippen LogP contribution is 2.21. The summed E-state index contributed by atoms with van der Waals surface area (Å²) in [6.07, 6.45) is 1.21. The fraction of sp³-hybridized carbons (Fsp3) is 0.444. The Kier molecular flexibility index (Phi) is 5.30. The Morgan fingerprint density at radius 3 is 2.86 bits per heavy atom. The molecule has 0 aliphatic heterocycles. The van der Waals surface area contributed by atoms with Gasteiger partial charge < -0.3 is 5.32 Å². The van der Waals surface area contributed by atoms with E-state index in [0.29, 0.717) is 18.8 Å². The van der Waals surface area contributed by atoms with E-state index in [1.54, 1.807) is 11.3 Å². The highest BCUT2D eigenvalue weighted by molar-refractivity contribution is 7.16. The van der Waals surface area contributed by atoms with Gasteiger partial charge in [-0.25, -0.2) is 0 Å². The van der Waals surface area contributed by atoms with Gasteiger partial charge in [-0.1, -0.05) is 11.6 Å². The Morgan fingerprint density at radius 1 is 1.50 bits per heavy atom. The number of carbonyl (C=O) groups is 1. The molecule has 0 aliphatic rings. The summed E-state index contributed by atoms with van der Waals surface area (Å²) >= 11 is 12.7. The number of carbonyl (C=O) groups excluding carboxylic acids is 1. The summed E-state index contributed by atoms with van der Waals surface area (Å²) in [4.78, 5) is 12.2. The van der Waals surface area contributed by atoms with Crippen LogP contribution in [0, 0.1) is 0 Å². The number of hydrogen-bond acceptors (Lipinski definition) is 2. The van der Waals surface area contributed by atoms with E-state index in [2.05, 4.69) is 5.32 Å². The van der Waals surface area contributed by atoms with Gasteiger partial charge in [0.2, 0.25) is 5.91 Å². The molecule has 0 spiro atoms. The highest BCUT2D eigenvalue weighted by atomic mass is 35.5. The molecule has 5 heteroatoms. The van der Waals surface area contributed by atoms with E-state index in [4.69, 9.17) is 23.2 Å². The van der Waals surface area contributed by atoms with Crippen LogP contribution in [0.4, 0.5) is 0 Å². The minimum absolute atomic E-state index is 0.00246. The van der Waals surface area contributed by atoms with Crippen molar-refractivity contribution in [2.24, 2.45) is 0 Å². The molecule has 1 aromatic rings. The van der Waals surface area contributed by atoms with Crippen molar-refractivity contribution in [2.45, 2.75) is 12.8 Å². The molecular weight excluding hydrogens is 241 g/mol. The zero-order valence-corrected chi connectivity index (χ0v) is 9.88. The lowest BCUT2D eigenvalue weighted by Gasteiger charge is -2.01. The molecule has 1 rings (SSSR count). The minimum Gasteiger partial charge on any atom is -0.356 e. The molecule has 0 saturated carbocycles. The van der Waals surface area contributed by atoms with Crippen LogP contribution in [0.15, 0.2) is 12.1 Å². The van der Waals surface area contributed by atoms with Crippen LogP contribution in [-0.4, -0.2) is 18.3 Å². The van der Waals surface area contributed by atoms with Gasteiger partial charge in [-0.05, 0) is 18.6 Å². The van der Waals surface area contributed by atoms with Crippen molar-refractivity contribution >= 4 is 40.4 Å². The highest BCUT2D eigenvalue weighted by Gasteiger charge is 2.00. The predicted octanol–water partition coefficient (Wildman–Crippen LogP) is 2.69. The predicted molar refractivity (Wildman–Crippen MR) is 61.4 cm³/mol. The average Bonchev–Trinajstić information content (AvgIpc) is 2.52. The first-order chi connectivity index (χ1) is 6.72. The van der Waals surface area contributed by atoms with Crippen LogP contribution < -0.4 is 5.32 Å². The van der Waals surface area contributed by atoms with Gasteiger partial charge in [0.05, 0.1) is 4.34 Å². The zero-order chi connectivity index (χ0) is 10.4. The van der Waals surface area contributed by atoms with Gasteiger partial charge in [0, 0.05) is 23.7 Å². The van der Waals surface area contributed by atoms with Crippen LogP contribution in [-0.2, 0) is 11.2 Å². The van der Waals surface area contributed by atoms with E-state index in [9.17, 15) is 4.79 Å². The molecule has 14 heavy (non-hydrogen) atoms. The molecule has 1 aromatic heterocycles. The van der Waals surface area contributed by atoms with E-state index in [0.717, 1.165) is 10.8 Å². The second-order valence-electron chi connectivity index (χ2n) is 2.74. The Morgan fingerprint density at radius 2 is 2.29 bits per heavy atom. The quantitative estimate of drug-likeness (QED) is 0.802. The van der Waals surface area contributed by atoms with Crippen molar-refractivity contribution in [2.75, 3.05) is 12.4 Å². The third kappa shape index (κ3) is 4.31. The minimum atomic E-state index is 0.00246. The standard InChI is InChI=1S/C9H11Cl2NOS/c10-5-3-9(13)12-6-4-7-1-2-8(11)14-7/h1-2H,3-6H2,(H,12,13). The van der Waals surface area contributed by atoms with E-state index in [-0.39, 0.29) is 5.91 Å². The number of halogens is 2. The molecule has 0 radical (unpaired) electrons. The van der Waals surface area contributed by atoms with Crippen molar-refractivity contribution in [1.82, 2.24) is 5.32 Å². The monoisotopic (exact) mass is 251 g/mol. The van der Waals surface area contributed by atoms with Crippen molar-refractivity contribution in [3.63, 3.8) is 0 Å². The number of rotatable bonds is 5. The summed E-state index contributed by atoms with van der Waals surface area (Å²) in [5, 5.41) is 2.78. The van der Waals surface area contributed by atoms with E-state index in [1.165, 1.54) is 4.88 Å². The van der Waals surface area contributed by atoms with Gasteiger partial charge in [-0.2, -0.15) is 0 Å². The van der Waals surface area contributed by atoms with Crippen molar-refractivity contribution in [1.29, 1.82) is 0 Å². The maximum atomic E-state index is 11.0. The van der Waals surface area contributed by atoms with Crippen LogP contribution >= 0.6 is 34.5 Å². The van der Waals surface area contributed by atoms with Gasteiger partial charge in [-0.15, -0.1) is 22.9 Å². The molecule has 0 aromatic carbocycles. The number of thiophene rings is 1. The second kappa shape index (κ2) is 6.27. The first kappa shape index (κ1) is 11.8. The fourth-order valence-electron chi connectivity index (χ4n) is 0.985. The largest absolute Gasteiger partial charge is 0.356 e. The molecule has 0 bridgehead atoms. The first-order valence-corrected chi connectivity index (χ1v) is 6.02. The van der Waals surface area contributed by atoms with Gasteiger partial charge in [0.25, 0.3) is 0 Å². The normalized spacial score (nSPS) is 10.1. The molecule has 1 amide bonds. The van der Waals surface area contributed by atoms with E-state index >= 15 is 0 Å². The molecule has 2 nitrogen and oxygen atoms in total. The molecule has 0 fully saturated rings. The average molecular weight is 252 g/mol. The summed E-state index contributed by atoms with van der Waals surface area (Å²) in [6, 6.07) is 3.84. The van der Waals surface area contributed by atoms with Crippen LogP contribution in [0.3, 0.4) is 0 Å². The molecule has 78 valence electrons. The maximum Gasteiger partial charge on any atom is 0.221 e. The van der Waals surface area contributed by atoms with Crippen molar-refractivity contribution in [3.05, 3.63) is 21.3 Å². The molecule has 1 heterocycles. The number of hydrogen-bond donors (Lipinski definition) is 1. The molecule has 0 saturated heterocycles. The third-order valence-electron chi connectivity index (χ3n) is 1.64. The number of alkyl halides is 1. The van der Waals surface area contributed by atoms with E-state index in [1.807, 2.05) is 12.1 Å². The summed E-state index contributed by atoms with van der Waals surface area (Å²) < 4.78 is 0.784. The van der Waals surface area contributed by atoms with Crippen LogP contribution in [0.2, 0.25) is 4.34 Å². The Balaban J connectivity index is 2.18. The lowest BCUT2D eigenvalue weighted by Crippen LogP contribution is -2.25. The molecule has 0 unspecified atom stereocenters. The molecule has 1 N–H and O–H groups in total. The van der Waals surface area contributed by atoms with Gasteiger partial charge in [0.15, 0.2) is 0 Å². The van der Waals surface area contributed by atoms with Crippen LogP contribution in [0.25, 0.3) is 0 Å². The van der Waals surface area contributed by atoms with Crippen LogP contribution in [0.1, 0.15) is 11.3 Å². The lowest BCUT2D eigenvalue weighted by molar-refractivity contribution is -0.120. The lowest BCUT2D eigenvalue weighted by atomic mass is 10.3. The van der Waals surface area contributed by atoms with Gasteiger partial charge >= 0.3 is 0 Å². The molecular formula is C9H11Cl2NOS. The Hall–Kier alpha value is -0.250. The van der Waals surface area contributed by atoms with Gasteiger partial charge in [0.1, 0.15) is 0 Å². The van der Waals surface area contributed by atoms with Crippen LogP contribution in [0.5, 0.6) is 0 Å². The smallest absolute Gasteiger partial charge is 0.221 e. The number of nitrogens with one attached hydrogen (secondary N) is 1. The third-order valence-corrected chi connectivity index (χ3v) is 3.12. The fourth-order valence-corrected chi connectivity index (χ4v) is 2.24. The van der Waals surface area contributed by atoms with Crippen molar-refractivity contribution in [3.8, 4) is 0 Å². The zero-order valence-electron chi connectivity index (χ0n) is 7.56. The molecule has 0 aliphatic carbocycles. The van der Waals surface area contributed by atoms with Gasteiger partial charge in [-0.3, -0.25) is 4.79 Å². The summed E-state index contributed by atoms with van der Waals surface area (Å²) in [7, 11) is 0. The summed E-state index contributed by atoms with van der Waals surface area (Å²) in [5.74, 6) is 0.374. The Labute approximate surface area is 97.2 Å². The summed E-state index contributed by atoms with van der Waals surface area (Å²) in [5.41, 5.74) is 0.